The molecule has 1 aliphatic heterocycles. The van der Waals surface area contributed by atoms with Crippen LogP contribution in [0.3, 0.4) is 0 Å². The molecule has 0 aromatic rings. The average molecular weight is 930 g/mol. The molecule has 1 rings (SSSR count). The molecule has 66 heavy (non-hydrogen) atoms. The number of rotatable bonds is 43. The topological polar surface area (TPSA) is 175 Å². The van der Waals surface area contributed by atoms with Crippen LogP contribution in [0.2, 0.25) is 0 Å². The molecule has 7 unspecified atom stereocenters. The second kappa shape index (κ2) is 44.6. The van der Waals surface area contributed by atoms with E-state index < -0.39 is 49.5 Å². The SMILES string of the molecule is C/C=C/CC/C=C/CC/C=C/C(O)C(COC1OC(CO)C(O)C(O)C1O)NC(=O)CCCCCCC/C=C\CCCCOC(=O)CCCCCCCCC/C=C\C/C=C\CCCCCC. The van der Waals surface area contributed by atoms with Gasteiger partial charge in [-0.2, -0.15) is 0 Å². The maximum Gasteiger partial charge on any atom is 0.305 e. The molecule has 1 fully saturated rings. The fourth-order valence-electron chi connectivity index (χ4n) is 7.61. The van der Waals surface area contributed by atoms with Gasteiger partial charge in [0.05, 0.1) is 32.0 Å². The smallest absolute Gasteiger partial charge is 0.305 e. The Kier molecular flexibility index (Phi) is 41.3. The number of unbranched alkanes of at least 4 members (excludes halogenated alkanes) is 20. The van der Waals surface area contributed by atoms with Crippen molar-refractivity contribution in [2.75, 3.05) is 19.8 Å². The number of esters is 1. The number of nitrogens with one attached hydrogen (secondary N) is 1. The molecule has 11 nitrogen and oxygen atoms in total. The largest absolute Gasteiger partial charge is 0.466 e. The number of allylic oxidation sites excluding steroid dienone is 11. The van der Waals surface area contributed by atoms with E-state index in [1.54, 1.807) is 6.08 Å². The predicted octanol–water partition coefficient (Wildman–Crippen LogP) is 10.9. The lowest BCUT2D eigenvalue weighted by molar-refractivity contribution is -0.302. The second-order valence-electron chi connectivity index (χ2n) is 17.9. The predicted molar refractivity (Wildman–Crippen MR) is 269 cm³/mol. The van der Waals surface area contributed by atoms with Gasteiger partial charge in [0.1, 0.15) is 24.4 Å². The van der Waals surface area contributed by atoms with Gasteiger partial charge in [0.2, 0.25) is 5.91 Å². The van der Waals surface area contributed by atoms with Crippen LogP contribution in [0.25, 0.3) is 0 Å². The Morgan fingerprint density at radius 3 is 1.68 bits per heavy atom. The first-order valence-electron chi connectivity index (χ1n) is 26.2. The summed E-state index contributed by atoms with van der Waals surface area (Å²) in [6, 6.07) is -0.856. The number of hydrogen-bond donors (Lipinski definition) is 6. The molecule has 1 amide bonds. The number of carbonyl (C=O) groups excluding carboxylic acids is 2. The maximum absolute atomic E-state index is 12.9. The Labute approximate surface area is 400 Å². The number of ether oxygens (including phenoxy) is 3. The van der Waals surface area contributed by atoms with E-state index in [0.717, 1.165) is 89.9 Å². The van der Waals surface area contributed by atoms with E-state index >= 15 is 0 Å². The molecule has 380 valence electrons. The highest BCUT2D eigenvalue weighted by atomic mass is 16.7. The number of carbonyl (C=O) groups is 2. The zero-order valence-corrected chi connectivity index (χ0v) is 41.4. The van der Waals surface area contributed by atoms with Gasteiger partial charge in [-0.15, -0.1) is 0 Å². The van der Waals surface area contributed by atoms with Crippen LogP contribution in [-0.2, 0) is 23.8 Å². The van der Waals surface area contributed by atoms with E-state index in [1.807, 2.05) is 19.1 Å². The summed E-state index contributed by atoms with van der Waals surface area (Å²) in [5.74, 6) is -0.300. The van der Waals surface area contributed by atoms with Crippen LogP contribution in [0.4, 0.5) is 0 Å². The minimum absolute atomic E-state index is 0.0686. The Morgan fingerprint density at radius 2 is 1.09 bits per heavy atom. The monoisotopic (exact) mass is 930 g/mol. The average Bonchev–Trinajstić information content (AvgIpc) is 3.31. The van der Waals surface area contributed by atoms with Crippen molar-refractivity contribution in [3.8, 4) is 0 Å². The van der Waals surface area contributed by atoms with Gasteiger partial charge in [0.15, 0.2) is 6.29 Å². The summed E-state index contributed by atoms with van der Waals surface area (Å²) in [6.07, 6.45) is 47.3. The quantitative estimate of drug-likeness (QED) is 0.0196. The van der Waals surface area contributed by atoms with E-state index in [1.165, 1.54) is 70.6 Å². The first-order valence-corrected chi connectivity index (χ1v) is 26.2. The summed E-state index contributed by atoms with van der Waals surface area (Å²) >= 11 is 0. The van der Waals surface area contributed by atoms with Crippen LogP contribution in [-0.4, -0.2) is 100 Å². The summed E-state index contributed by atoms with van der Waals surface area (Å²) in [7, 11) is 0. The lowest BCUT2D eigenvalue weighted by Crippen LogP contribution is -2.60. The van der Waals surface area contributed by atoms with Gasteiger partial charge >= 0.3 is 5.97 Å². The summed E-state index contributed by atoms with van der Waals surface area (Å²) in [6.45, 7) is 3.93. The molecule has 1 aliphatic rings. The molecular weight excluding hydrogens is 835 g/mol. The first kappa shape index (κ1) is 61.1. The van der Waals surface area contributed by atoms with Crippen molar-refractivity contribution in [2.24, 2.45) is 0 Å². The molecule has 1 saturated heterocycles. The highest BCUT2D eigenvalue weighted by Crippen LogP contribution is 2.22. The zero-order valence-electron chi connectivity index (χ0n) is 41.4. The van der Waals surface area contributed by atoms with Crippen molar-refractivity contribution in [1.29, 1.82) is 0 Å². The van der Waals surface area contributed by atoms with Gasteiger partial charge in [-0.05, 0) is 110 Å². The molecule has 7 atom stereocenters. The van der Waals surface area contributed by atoms with Crippen LogP contribution in [0.5, 0.6) is 0 Å². The Bertz CT molecular complexity index is 1330. The van der Waals surface area contributed by atoms with Gasteiger partial charge in [-0.3, -0.25) is 9.59 Å². The standard InChI is InChI=1S/C55H95NO10/c1-3-5-7-9-11-13-14-15-16-17-18-19-20-23-27-31-35-39-43-51(60)64-44-40-36-32-28-24-21-22-26-30-34-38-42-50(59)56-47(48(58)41-37-33-29-25-12-10-8-6-4-2)46-65-55-54(63)53(62)52(61)49(45-57)66-55/h4,6,12-14,16-17,24-25,28,37,41,47-49,52-55,57-58,61-63H,3,5,7-11,15,18-23,26-27,29-36,38-40,42-46H2,1-2H3,(H,56,59)/b6-4+,14-13-,17-16-,25-12+,28-24-,41-37+. The van der Waals surface area contributed by atoms with Crippen LogP contribution < -0.4 is 5.32 Å². The molecule has 0 bridgehead atoms. The maximum atomic E-state index is 12.9. The highest BCUT2D eigenvalue weighted by Gasteiger charge is 2.44. The third kappa shape index (κ3) is 34.4. The van der Waals surface area contributed by atoms with Crippen LogP contribution in [0.15, 0.2) is 72.9 Å². The van der Waals surface area contributed by atoms with Crippen molar-refractivity contribution in [1.82, 2.24) is 5.32 Å². The normalized spacial score (nSPS) is 20.3. The molecule has 11 heteroatoms. The fraction of sp³-hybridized carbons (Fsp3) is 0.745. The summed E-state index contributed by atoms with van der Waals surface area (Å²) in [4.78, 5) is 25.0. The van der Waals surface area contributed by atoms with Crippen molar-refractivity contribution >= 4 is 11.9 Å². The van der Waals surface area contributed by atoms with E-state index in [4.69, 9.17) is 14.2 Å². The van der Waals surface area contributed by atoms with Crippen LogP contribution in [0, 0.1) is 0 Å². The molecule has 0 spiro atoms. The number of hydrogen-bond acceptors (Lipinski definition) is 10. The van der Waals surface area contributed by atoms with Crippen LogP contribution in [0.1, 0.15) is 200 Å². The Hall–Kier alpha value is -2.90. The van der Waals surface area contributed by atoms with Gasteiger partial charge < -0.3 is 45.1 Å². The van der Waals surface area contributed by atoms with E-state index in [-0.39, 0.29) is 24.9 Å². The van der Waals surface area contributed by atoms with Crippen molar-refractivity contribution < 1.29 is 49.3 Å². The van der Waals surface area contributed by atoms with E-state index in [2.05, 4.69) is 66.9 Å². The lowest BCUT2D eigenvalue weighted by atomic mass is 9.99. The Balaban J connectivity index is 2.14. The van der Waals surface area contributed by atoms with Crippen molar-refractivity contribution in [3.63, 3.8) is 0 Å². The minimum Gasteiger partial charge on any atom is -0.466 e. The van der Waals surface area contributed by atoms with Gasteiger partial charge in [0, 0.05) is 12.8 Å². The van der Waals surface area contributed by atoms with Gasteiger partial charge in [0.25, 0.3) is 0 Å². The van der Waals surface area contributed by atoms with Crippen molar-refractivity contribution in [3.05, 3.63) is 72.9 Å². The number of amides is 1. The zero-order chi connectivity index (χ0) is 48.1. The summed E-state index contributed by atoms with van der Waals surface area (Å²) in [5.41, 5.74) is 0. The van der Waals surface area contributed by atoms with E-state index in [9.17, 15) is 35.1 Å². The molecule has 1 heterocycles. The number of aliphatic hydroxyl groups is 5. The van der Waals surface area contributed by atoms with E-state index in [0.29, 0.717) is 25.9 Å². The third-order valence-electron chi connectivity index (χ3n) is 11.8. The third-order valence-corrected chi connectivity index (χ3v) is 11.8. The molecule has 6 N–H and O–H groups in total. The molecule has 0 aromatic heterocycles. The molecular formula is C55H95NO10. The summed E-state index contributed by atoms with van der Waals surface area (Å²) < 4.78 is 16.6. The Morgan fingerprint density at radius 1 is 0.591 bits per heavy atom. The molecule has 0 aromatic carbocycles. The fourth-order valence-corrected chi connectivity index (χ4v) is 7.61. The van der Waals surface area contributed by atoms with Crippen molar-refractivity contribution in [2.45, 2.75) is 243 Å². The molecule has 0 saturated carbocycles. The second-order valence-corrected chi connectivity index (χ2v) is 17.9. The molecule has 0 aliphatic carbocycles. The van der Waals surface area contributed by atoms with Gasteiger partial charge in [-0.25, -0.2) is 0 Å². The van der Waals surface area contributed by atoms with Gasteiger partial charge in [-0.1, -0.05) is 150 Å². The minimum atomic E-state index is -1.59. The molecule has 0 radical (unpaired) electrons. The van der Waals surface area contributed by atoms with Crippen LogP contribution >= 0.6 is 0 Å². The summed E-state index contributed by atoms with van der Waals surface area (Å²) in [5, 5.41) is 54.0. The lowest BCUT2D eigenvalue weighted by Gasteiger charge is -2.40. The first-order chi connectivity index (χ1) is 32.2. The highest BCUT2D eigenvalue weighted by molar-refractivity contribution is 5.76. The number of aliphatic hydroxyl groups excluding tert-OH is 5.